The van der Waals surface area contributed by atoms with E-state index in [-0.39, 0.29) is 17.5 Å². The Kier molecular flexibility index (Phi) is 5.26. The van der Waals surface area contributed by atoms with E-state index in [1.54, 1.807) is 0 Å². The van der Waals surface area contributed by atoms with Gasteiger partial charge in [-0.05, 0) is 25.0 Å². The average molecular weight is 384 g/mol. The Labute approximate surface area is 162 Å². The van der Waals surface area contributed by atoms with Crippen molar-refractivity contribution in [2.24, 2.45) is 11.8 Å². The van der Waals surface area contributed by atoms with Gasteiger partial charge in [0.2, 0.25) is 5.75 Å². The van der Waals surface area contributed by atoms with Crippen molar-refractivity contribution in [3.8, 4) is 11.6 Å². The number of benzene rings is 1. The fourth-order valence-electron chi connectivity index (χ4n) is 3.92. The second kappa shape index (κ2) is 7.98. The number of hydrogen-bond donors (Lipinski definition) is 1. The Hall–Kier alpha value is -2.92. The number of fused-ring (bicyclic) bond motifs is 2. The van der Waals surface area contributed by atoms with Crippen molar-refractivity contribution in [3.63, 3.8) is 0 Å². The number of anilines is 2. The molecule has 1 aromatic carbocycles. The second-order valence-electron chi connectivity index (χ2n) is 7.03. The topological polar surface area (TPSA) is 69.9 Å². The number of nitrogens with one attached hydrogen (secondary N) is 1. The first-order chi connectivity index (χ1) is 13.7. The summed E-state index contributed by atoms with van der Waals surface area (Å²) < 4.78 is 31.7. The van der Waals surface area contributed by atoms with E-state index in [0.29, 0.717) is 42.5 Å². The molecule has 1 aromatic heterocycles. The summed E-state index contributed by atoms with van der Waals surface area (Å²) in [6.07, 6.45) is 4.71. The SMILES string of the molecule is [C-]#[N+]c1ccc(Nc2ncnc(OC3C4CCCC3COC4)c2OC)c(F)c1. The van der Waals surface area contributed by atoms with Crippen molar-refractivity contribution in [1.82, 2.24) is 9.97 Å². The van der Waals surface area contributed by atoms with E-state index < -0.39 is 5.82 Å². The molecule has 1 saturated carbocycles. The minimum Gasteiger partial charge on any atom is -0.489 e. The third-order valence-electron chi connectivity index (χ3n) is 5.30. The molecule has 2 atom stereocenters. The van der Waals surface area contributed by atoms with Crippen LogP contribution in [0.15, 0.2) is 24.5 Å². The van der Waals surface area contributed by atoms with Gasteiger partial charge in [0.15, 0.2) is 11.5 Å². The molecule has 1 aliphatic carbocycles. The fraction of sp³-hybridized carbons (Fsp3) is 0.450. The fourth-order valence-corrected chi connectivity index (χ4v) is 3.92. The maximum absolute atomic E-state index is 14.3. The van der Waals surface area contributed by atoms with Gasteiger partial charge in [0.25, 0.3) is 5.88 Å². The molecule has 2 unspecified atom stereocenters. The van der Waals surface area contributed by atoms with Crippen LogP contribution in [0, 0.1) is 24.2 Å². The monoisotopic (exact) mass is 384 g/mol. The first-order valence-corrected chi connectivity index (χ1v) is 9.27. The van der Waals surface area contributed by atoms with Crippen LogP contribution in [-0.2, 0) is 4.74 Å². The van der Waals surface area contributed by atoms with Gasteiger partial charge in [-0.15, -0.1) is 0 Å². The summed E-state index contributed by atoms with van der Waals surface area (Å²) in [5, 5.41) is 2.91. The van der Waals surface area contributed by atoms with Crippen LogP contribution < -0.4 is 14.8 Å². The highest BCUT2D eigenvalue weighted by Gasteiger charge is 2.39. The molecule has 1 saturated heterocycles. The molecule has 0 radical (unpaired) electrons. The van der Waals surface area contributed by atoms with Gasteiger partial charge in [0.05, 0.1) is 32.6 Å². The summed E-state index contributed by atoms with van der Waals surface area (Å²) in [5.41, 5.74) is 0.422. The number of methoxy groups -OCH3 is 1. The van der Waals surface area contributed by atoms with Crippen molar-refractivity contribution in [3.05, 3.63) is 41.8 Å². The number of rotatable bonds is 5. The molecule has 2 heterocycles. The molecular formula is C20H21FN4O3. The Morgan fingerprint density at radius 3 is 2.71 bits per heavy atom. The normalized spacial score (nSPS) is 23.5. The van der Waals surface area contributed by atoms with Gasteiger partial charge in [-0.1, -0.05) is 12.5 Å². The predicted molar refractivity (Wildman–Crippen MR) is 101 cm³/mol. The summed E-state index contributed by atoms with van der Waals surface area (Å²) in [5.74, 6) is 1.09. The smallest absolute Gasteiger partial charge is 0.262 e. The van der Waals surface area contributed by atoms with Crippen LogP contribution in [0.25, 0.3) is 4.85 Å². The third kappa shape index (κ3) is 3.58. The van der Waals surface area contributed by atoms with Gasteiger partial charge < -0.3 is 19.5 Å². The Morgan fingerprint density at radius 2 is 2.04 bits per heavy atom. The van der Waals surface area contributed by atoms with E-state index in [9.17, 15) is 4.39 Å². The van der Waals surface area contributed by atoms with Crippen molar-refractivity contribution >= 4 is 17.2 Å². The lowest BCUT2D eigenvalue weighted by Crippen LogP contribution is -2.46. The molecule has 2 fully saturated rings. The molecule has 2 aliphatic rings. The van der Waals surface area contributed by atoms with Crippen molar-refractivity contribution in [2.45, 2.75) is 25.4 Å². The zero-order chi connectivity index (χ0) is 19.5. The van der Waals surface area contributed by atoms with Crippen LogP contribution in [0.4, 0.5) is 21.6 Å². The van der Waals surface area contributed by atoms with Gasteiger partial charge in [-0.25, -0.2) is 14.2 Å². The Bertz CT molecular complexity index is 880. The van der Waals surface area contributed by atoms with Crippen LogP contribution in [0.1, 0.15) is 19.3 Å². The number of nitrogens with zero attached hydrogens (tertiary/aromatic N) is 3. The summed E-state index contributed by atoms with van der Waals surface area (Å²) >= 11 is 0. The lowest BCUT2D eigenvalue weighted by Gasteiger charge is -2.41. The highest BCUT2D eigenvalue weighted by atomic mass is 19.1. The third-order valence-corrected chi connectivity index (χ3v) is 5.30. The molecule has 8 heteroatoms. The number of hydrogen-bond acceptors (Lipinski definition) is 6. The molecule has 0 amide bonds. The molecule has 2 bridgehead atoms. The van der Waals surface area contributed by atoms with Gasteiger partial charge in [0.1, 0.15) is 18.2 Å². The molecule has 4 rings (SSSR count). The number of aromatic nitrogens is 2. The van der Waals surface area contributed by atoms with Gasteiger partial charge in [-0.3, -0.25) is 0 Å². The molecule has 28 heavy (non-hydrogen) atoms. The molecule has 2 aromatic rings. The summed E-state index contributed by atoms with van der Waals surface area (Å²) in [4.78, 5) is 11.6. The van der Waals surface area contributed by atoms with Crippen molar-refractivity contribution in [1.29, 1.82) is 0 Å². The van der Waals surface area contributed by atoms with E-state index in [0.717, 1.165) is 12.8 Å². The number of ether oxygens (including phenoxy) is 3. The van der Waals surface area contributed by atoms with Gasteiger partial charge >= 0.3 is 0 Å². The highest BCUT2D eigenvalue weighted by Crippen LogP contribution is 2.40. The van der Waals surface area contributed by atoms with E-state index in [2.05, 4.69) is 20.1 Å². The average Bonchev–Trinajstić information content (AvgIpc) is 2.69. The summed E-state index contributed by atoms with van der Waals surface area (Å²) in [6.45, 7) is 8.36. The number of halogens is 1. The first kappa shape index (κ1) is 18.4. The maximum atomic E-state index is 14.3. The molecular weight excluding hydrogens is 363 g/mol. The maximum Gasteiger partial charge on any atom is 0.262 e. The van der Waals surface area contributed by atoms with Crippen molar-refractivity contribution in [2.75, 3.05) is 25.6 Å². The van der Waals surface area contributed by atoms with Crippen LogP contribution in [0.5, 0.6) is 11.6 Å². The van der Waals surface area contributed by atoms with E-state index in [4.69, 9.17) is 20.8 Å². The zero-order valence-corrected chi connectivity index (χ0v) is 15.5. The lowest BCUT2D eigenvalue weighted by molar-refractivity contribution is -0.0923. The van der Waals surface area contributed by atoms with Gasteiger partial charge in [-0.2, -0.15) is 4.98 Å². The van der Waals surface area contributed by atoms with Crippen molar-refractivity contribution < 1.29 is 18.6 Å². The summed E-state index contributed by atoms with van der Waals surface area (Å²) in [7, 11) is 1.50. The van der Waals surface area contributed by atoms with E-state index in [1.807, 2.05) is 0 Å². The molecule has 1 N–H and O–H groups in total. The standard InChI is InChI=1S/C20H21FN4O3/c1-22-14-6-7-16(15(21)8-14)25-19-18(26-2)20(24-11-23-19)28-17-12-4-3-5-13(17)10-27-9-12/h6-8,11-13,17H,3-5,9-10H2,2H3,(H,23,24,25). The molecule has 0 spiro atoms. The molecule has 7 nitrogen and oxygen atoms in total. The lowest BCUT2D eigenvalue weighted by atomic mass is 9.78. The second-order valence-corrected chi connectivity index (χ2v) is 7.03. The molecule has 1 aliphatic heterocycles. The first-order valence-electron chi connectivity index (χ1n) is 9.27. The van der Waals surface area contributed by atoms with E-state index >= 15 is 0 Å². The van der Waals surface area contributed by atoms with Gasteiger partial charge in [0, 0.05) is 11.8 Å². The summed E-state index contributed by atoms with van der Waals surface area (Å²) in [6, 6.07) is 4.20. The van der Waals surface area contributed by atoms with Crippen LogP contribution in [-0.4, -0.2) is 36.4 Å². The largest absolute Gasteiger partial charge is 0.489 e. The minimum absolute atomic E-state index is 0.0221. The van der Waals surface area contributed by atoms with Crippen LogP contribution in [0.2, 0.25) is 0 Å². The quantitative estimate of drug-likeness (QED) is 0.783. The van der Waals surface area contributed by atoms with Crippen LogP contribution in [0.3, 0.4) is 0 Å². The van der Waals surface area contributed by atoms with E-state index in [1.165, 1.54) is 38.1 Å². The zero-order valence-electron chi connectivity index (χ0n) is 15.5. The highest BCUT2D eigenvalue weighted by molar-refractivity contribution is 5.67. The Balaban J connectivity index is 1.59. The molecule has 146 valence electrons. The Morgan fingerprint density at radius 1 is 1.25 bits per heavy atom. The predicted octanol–water partition coefficient (Wildman–Crippen LogP) is 4.11. The minimum atomic E-state index is -0.546. The van der Waals surface area contributed by atoms with Crippen LogP contribution >= 0.6 is 0 Å².